The molecule has 0 saturated heterocycles. The van der Waals surface area contributed by atoms with Crippen molar-refractivity contribution in [1.29, 1.82) is 0 Å². The molecule has 1 N–H and O–H groups in total. The van der Waals surface area contributed by atoms with E-state index in [1.54, 1.807) is 16.3 Å². The van der Waals surface area contributed by atoms with E-state index in [9.17, 15) is 8.78 Å². The van der Waals surface area contributed by atoms with Crippen molar-refractivity contribution in [3.05, 3.63) is 40.3 Å². The van der Waals surface area contributed by atoms with Crippen LogP contribution in [0.1, 0.15) is 12.6 Å². The van der Waals surface area contributed by atoms with Gasteiger partial charge >= 0.3 is 0 Å². The van der Waals surface area contributed by atoms with Crippen LogP contribution in [0.3, 0.4) is 0 Å². The molecule has 20 heavy (non-hydrogen) atoms. The fourth-order valence-corrected chi connectivity index (χ4v) is 2.66. The van der Waals surface area contributed by atoms with Gasteiger partial charge in [-0.1, -0.05) is 6.92 Å². The van der Waals surface area contributed by atoms with Gasteiger partial charge in [0.05, 0.1) is 11.4 Å². The van der Waals surface area contributed by atoms with Gasteiger partial charge in [0.15, 0.2) is 10.4 Å². The molecule has 104 valence electrons. The molecule has 0 amide bonds. The highest BCUT2D eigenvalue weighted by atomic mass is 32.1. The van der Waals surface area contributed by atoms with Gasteiger partial charge in [0.1, 0.15) is 17.2 Å². The molecule has 0 saturated carbocycles. The quantitative estimate of drug-likeness (QED) is 0.737. The standard InChI is InChI=1S/C13H12F2N4S/c1-3-10-11-12(18(2)17-10)19(13(20)16-11)9-5-7(14)4-8(15)6-9/h4-6H,3H2,1-2H3,(H,16,20). The van der Waals surface area contributed by atoms with Crippen LogP contribution in [-0.2, 0) is 13.5 Å². The van der Waals surface area contributed by atoms with E-state index in [0.29, 0.717) is 16.1 Å². The van der Waals surface area contributed by atoms with Crippen molar-refractivity contribution < 1.29 is 8.78 Å². The smallest absolute Gasteiger partial charge is 0.184 e. The highest BCUT2D eigenvalue weighted by Gasteiger charge is 2.16. The van der Waals surface area contributed by atoms with E-state index < -0.39 is 11.6 Å². The van der Waals surface area contributed by atoms with E-state index in [1.807, 2.05) is 6.92 Å². The van der Waals surface area contributed by atoms with Crippen molar-refractivity contribution in [2.24, 2.45) is 7.05 Å². The lowest BCUT2D eigenvalue weighted by molar-refractivity contribution is 0.581. The zero-order valence-corrected chi connectivity index (χ0v) is 11.8. The molecule has 0 radical (unpaired) electrons. The Morgan fingerprint density at radius 1 is 1.25 bits per heavy atom. The molecule has 0 aliphatic heterocycles. The Morgan fingerprint density at radius 3 is 2.50 bits per heavy atom. The van der Waals surface area contributed by atoms with E-state index in [0.717, 1.165) is 23.7 Å². The minimum absolute atomic E-state index is 0.337. The molecule has 1 aromatic carbocycles. The van der Waals surface area contributed by atoms with Crippen molar-refractivity contribution >= 4 is 23.4 Å². The average Bonchev–Trinajstić information content (AvgIpc) is 2.85. The van der Waals surface area contributed by atoms with Gasteiger partial charge in [-0.3, -0.25) is 4.57 Å². The normalized spacial score (nSPS) is 11.4. The fraction of sp³-hybridized carbons (Fsp3) is 0.231. The zero-order chi connectivity index (χ0) is 14.4. The van der Waals surface area contributed by atoms with Crippen LogP contribution in [0.5, 0.6) is 0 Å². The molecular weight excluding hydrogens is 282 g/mol. The number of halogens is 2. The molecule has 7 heteroatoms. The number of aromatic amines is 1. The van der Waals surface area contributed by atoms with Gasteiger partial charge in [-0.15, -0.1) is 0 Å². The minimum Gasteiger partial charge on any atom is -0.327 e. The summed E-state index contributed by atoms with van der Waals surface area (Å²) < 4.78 is 30.4. The summed E-state index contributed by atoms with van der Waals surface area (Å²) in [7, 11) is 1.77. The highest BCUT2D eigenvalue weighted by Crippen LogP contribution is 2.23. The molecule has 4 nitrogen and oxygen atoms in total. The Hall–Kier alpha value is -2.02. The van der Waals surface area contributed by atoms with Crippen molar-refractivity contribution in [3.63, 3.8) is 0 Å². The molecule has 0 fully saturated rings. The molecule has 0 aliphatic rings. The van der Waals surface area contributed by atoms with E-state index in [-0.39, 0.29) is 0 Å². The van der Waals surface area contributed by atoms with Crippen LogP contribution >= 0.6 is 12.2 Å². The monoisotopic (exact) mass is 294 g/mol. The molecule has 3 aromatic rings. The summed E-state index contributed by atoms with van der Waals surface area (Å²) in [6.45, 7) is 1.98. The van der Waals surface area contributed by atoms with Gasteiger partial charge in [0.25, 0.3) is 0 Å². The summed E-state index contributed by atoms with van der Waals surface area (Å²) in [6.07, 6.45) is 0.740. The lowest BCUT2D eigenvalue weighted by atomic mass is 10.3. The molecule has 3 rings (SSSR count). The molecule has 0 spiro atoms. The first kappa shape index (κ1) is 13.0. The second-order valence-electron chi connectivity index (χ2n) is 4.52. The molecule has 0 aliphatic carbocycles. The number of nitrogens with one attached hydrogen (secondary N) is 1. The number of hydrogen-bond acceptors (Lipinski definition) is 2. The number of imidazole rings is 1. The van der Waals surface area contributed by atoms with E-state index in [2.05, 4.69) is 10.1 Å². The van der Waals surface area contributed by atoms with E-state index in [4.69, 9.17) is 12.2 Å². The Morgan fingerprint density at radius 2 is 1.90 bits per heavy atom. The summed E-state index contributed by atoms with van der Waals surface area (Å²) in [5.41, 5.74) is 2.69. The van der Waals surface area contributed by atoms with Gasteiger partial charge in [-0.25, -0.2) is 13.5 Å². The van der Waals surface area contributed by atoms with Gasteiger partial charge in [-0.2, -0.15) is 5.10 Å². The number of rotatable bonds is 2. The van der Waals surface area contributed by atoms with E-state index in [1.165, 1.54) is 12.1 Å². The Balaban J connectivity index is 2.38. The SMILES string of the molecule is CCc1nn(C)c2c1[nH]c(=S)n2-c1cc(F)cc(F)c1. The fourth-order valence-electron chi connectivity index (χ4n) is 2.37. The first-order valence-electron chi connectivity index (χ1n) is 6.14. The molecule has 0 atom stereocenters. The number of fused-ring (bicyclic) bond motifs is 1. The zero-order valence-electron chi connectivity index (χ0n) is 10.9. The second kappa shape index (κ2) is 4.52. The van der Waals surface area contributed by atoms with Crippen LogP contribution < -0.4 is 0 Å². The summed E-state index contributed by atoms with van der Waals surface area (Å²) in [4.78, 5) is 3.05. The Labute approximate surface area is 118 Å². The summed E-state index contributed by atoms with van der Waals surface area (Å²) in [6, 6.07) is 3.31. The maximum absolute atomic E-state index is 13.4. The topological polar surface area (TPSA) is 38.5 Å². The second-order valence-corrected chi connectivity index (χ2v) is 4.90. The number of H-pyrrole nitrogens is 1. The maximum atomic E-state index is 13.4. The van der Waals surface area contributed by atoms with Crippen molar-refractivity contribution in [2.45, 2.75) is 13.3 Å². The number of aromatic nitrogens is 4. The largest absolute Gasteiger partial charge is 0.327 e. The van der Waals surface area contributed by atoms with Gasteiger partial charge in [0, 0.05) is 13.1 Å². The molecule has 2 aromatic heterocycles. The van der Waals surface area contributed by atoms with Gasteiger partial charge in [0.2, 0.25) is 0 Å². The van der Waals surface area contributed by atoms with Crippen LogP contribution in [0.2, 0.25) is 0 Å². The number of nitrogens with zero attached hydrogens (tertiary/aromatic N) is 3. The third-order valence-electron chi connectivity index (χ3n) is 3.18. The van der Waals surface area contributed by atoms with Crippen molar-refractivity contribution in [3.8, 4) is 5.69 Å². The number of aryl methyl sites for hydroxylation is 2. The molecule has 2 heterocycles. The Bertz CT molecular complexity index is 839. The number of hydrogen-bond donors (Lipinski definition) is 1. The number of benzene rings is 1. The van der Waals surface area contributed by atoms with Crippen LogP contribution in [0.25, 0.3) is 16.9 Å². The Kier molecular flexibility index (Phi) is 2.93. The first-order chi connectivity index (χ1) is 9.51. The maximum Gasteiger partial charge on any atom is 0.184 e. The lowest BCUT2D eigenvalue weighted by Crippen LogP contribution is -2.02. The summed E-state index contributed by atoms with van der Waals surface area (Å²) in [5, 5.41) is 4.37. The van der Waals surface area contributed by atoms with Crippen LogP contribution in [0, 0.1) is 16.4 Å². The molecular formula is C13H12F2N4S. The minimum atomic E-state index is -0.644. The van der Waals surface area contributed by atoms with Crippen LogP contribution in [0.4, 0.5) is 8.78 Å². The average molecular weight is 294 g/mol. The third-order valence-corrected chi connectivity index (χ3v) is 3.46. The van der Waals surface area contributed by atoms with Crippen molar-refractivity contribution in [2.75, 3.05) is 0 Å². The molecule has 0 unspecified atom stereocenters. The highest BCUT2D eigenvalue weighted by molar-refractivity contribution is 7.71. The van der Waals surface area contributed by atoms with E-state index >= 15 is 0 Å². The third kappa shape index (κ3) is 1.85. The lowest BCUT2D eigenvalue weighted by Gasteiger charge is -2.05. The van der Waals surface area contributed by atoms with Crippen molar-refractivity contribution in [1.82, 2.24) is 19.3 Å². The first-order valence-corrected chi connectivity index (χ1v) is 6.55. The molecule has 0 bridgehead atoms. The van der Waals surface area contributed by atoms with Crippen LogP contribution in [0.15, 0.2) is 18.2 Å². The van der Waals surface area contributed by atoms with Gasteiger partial charge < -0.3 is 4.98 Å². The van der Waals surface area contributed by atoms with Crippen LogP contribution in [-0.4, -0.2) is 19.3 Å². The predicted octanol–water partition coefficient (Wildman–Crippen LogP) is 3.26. The predicted molar refractivity (Wildman–Crippen MR) is 74.5 cm³/mol. The summed E-state index contributed by atoms with van der Waals surface area (Å²) in [5.74, 6) is -1.29. The summed E-state index contributed by atoms with van der Waals surface area (Å²) >= 11 is 5.26. The van der Waals surface area contributed by atoms with Gasteiger partial charge in [-0.05, 0) is 30.8 Å².